The summed E-state index contributed by atoms with van der Waals surface area (Å²) in [6.07, 6.45) is 1.76. The van der Waals surface area contributed by atoms with E-state index in [1.165, 1.54) is 7.11 Å². The number of pyridine rings is 1. The highest BCUT2D eigenvalue weighted by atomic mass is 35.5. The number of aromatic nitrogens is 3. The molecule has 33 heavy (non-hydrogen) atoms. The van der Waals surface area contributed by atoms with Gasteiger partial charge in [-0.2, -0.15) is 0 Å². The highest BCUT2D eigenvalue weighted by Crippen LogP contribution is 2.39. The van der Waals surface area contributed by atoms with E-state index in [0.29, 0.717) is 5.02 Å². The van der Waals surface area contributed by atoms with Gasteiger partial charge in [0.1, 0.15) is 16.4 Å². The zero-order valence-corrected chi connectivity index (χ0v) is 20.4. The van der Waals surface area contributed by atoms with E-state index in [1.807, 2.05) is 87.6 Å². The molecule has 2 aromatic carbocycles. The Kier molecular flexibility index (Phi) is 6.58. The molecule has 0 radical (unpaired) electrons. The molecule has 0 N–H and O–H groups in total. The van der Waals surface area contributed by atoms with Gasteiger partial charge in [-0.1, -0.05) is 53.7 Å². The Morgan fingerprint density at radius 1 is 1.03 bits per heavy atom. The SMILES string of the molecule is COC(=O)C(C)(C)c1ccc(-c2nc(-c3ccccn3)n(C)c2Sc2ccc(Cl)cc2)cc1. The molecular weight excluding hydrogens is 454 g/mol. The lowest BCUT2D eigenvalue weighted by atomic mass is 9.84. The zero-order valence-electron chi connectivity index (χ0n) is 18.9. The van der Waals surface area contributed by atoms with Gasteiger partial charge in [0.05, 0.1) is 12.5 Å². The van der Waals surface area contributed by atoms with E-state index in [2.05, 4.69) is 9.55 Å². The number of rotatable bonds is 6. The van der Waals surface area contributed by atoms with Crippen LogP contribution in [0.2, 0.25) is 5.02 Å². The molecule has 0 aliphatic heterocycles. The Hall–Kier alpha value is -3.09. The lowest BCUT2D eigenvalue weighted by Crippen LogP contribution is -2.30. The molecule has 4 aromatic rings. The summed E-state index contributed by atoms with van der Waals surface area (Å²) in [5, 5.41) is 1.68. The number of carbonyl (C=O) groups excluding carboxylic acids is 1. The number of hydrogen-bond acceptors (Lipinski definition) is 5. The quantitative estimate of drug-likeness (QED) is 0.300. The Morgan fingerprint density at radius 2 is 1.73 bits per heavy atom. The van der Waals surface area contributed by atoms with Crippen molar-refractivity contribution in [1.29, 1.82) is 0 Å². The molecule has 4 rings (SSSR count). The van der Waals surface area contributed by atoms with E-state index in [-0.39, 0.29) is 5.97 Å². The van der Waals surface area contributed by atoms with E-state index in [1.54, 1.807) is 18.0 Å². The normalized spacial score (nSPS) is 11.4. The molecule has 0 saturated heterocycles. The maximum absolute atomic E-state index is 12.2. The van der Waals surface area contributed by atoms with E-state index in [4.69, 9.17) is 21.3 Å². The lowest BCUT2D eigenvalue weighted by Gasteiger charge is -2.22. The van der Waals surface area contributed by atoms with Crippen LogP contribution in [0.4, 0.5) is 0 Å². The molecule has 2 aromatic heterocycles. The van der Waals surface area contributed by atoms with Gasteiger partial charge in [-0.15, -0.1) is 0 Å². The molecule has 5 nitrogen and oxygen atoms in total. The fourth-order valence-electron chi connectivity index (χ4n) is 3.54. The van der Waals surface area contributed by atoms with Crippen LogP contribution in [-0.4, -0.2) is 27.6 Å². The molecule has 168 valence electrons. The van der Waals surface area contributed by atoms with E-state index >= 15 is 0 Å². The van der Waals surface area contributed by atoms with Crippen LogP contribution in [0.1, 0.15) is 19.4 Å². The summed E-state index contributed by atoms with van der Waals surface area (Å²) in [5.74, 6) is 0.505. The summed E-state index contributed by atoms with van der Waals surface area (Å²) in [4.78, 5) is 22.7. The number of imidazole rings is 1. The summed E-state index contributed by atoms with van der Waals surface area (Å²) in [5.41, 5.74) is 2.74. The molecule has 0 spiro atoms. The van der Waals surface area contributed by atoms with E-state index in [0.717, 1.165) is 38.3 Å². The molecule has 0 bridgehead atoms. The number of hydrogen-bond donors (Lipinski definition) is 0. The first-order chi connectivity index (χ1) is 15.8. The van der Waals surface area contributed by atoms with Crippen LogP contribution in [-0.2, 0) is 22.0 Å². The first-order valence-corrected chi connectivity index (χ1v) is 11.6. The van der Waals surface area contributed by atoms with Gasteiger partial charge >= 0.3 is 5.97 Å². The van der Waals surface area contributed by atoms with Crippen molar-refractivity contribution in [2.24, 2.45) is 7.05 Å². The van der Waals surface area contributed by atoms with Crippen LogP contribution < -0.4 is 0 Å². The summed E-state index contributed by atoms with van der Waals surface area (Å²) in [7, 11) is 3.40. The summed E-state index contributed by atoms with van der Waals surface area (Å²) in [6, 6.07) is 21.4. The van der Waals surface area contributed by atoms with Gasteiger partial charge in [-0.3, -0.25) is 9.78 Å². The Morgan fingerprint density at radius 3 is 2.33 bits per heavy atom. The number of ether oxygens (including phenoxy) is 1. The van der Waals surface area contributed by atoms with Crippen LogP contribution in [0.5, 0.6) is 0 Å². The van der Waals surface area contributed by atoms with Crippen LogP contribution in [0.3, 0.4) is 0 Å². The number of benzene rings is 2. The number of methoxy groups -OCH3 is 1. The Labute approximate surface area is 202 Å². The first-order valence-electron chi connectivity index (χ1n) is 10.4. The minimum Gasteiger partial charge on any atom is -0.468 e. The minimum atomic E-state index is -0.739. The van der Waals surface area contributed by atoms with Gasteiger partial charge in [0.15, 0.2) is 5.82 Å². The predicted molar refractivity (Wildman–Crippen MR) is 132 cm³/mol. The van der Waals surface area contributed by atoms with Crippen molar-refractivity contribution < 1.29 is 9.53 Å². The Bertz CT molecular complexity index is 1270. The monoisotopic (exact) mass is 477 g/mol. The van der Waals surface area contributed by atoms with Gasteiger partial charge < -0.3 is 9.30 Å². The molecule has 7 heteroatoms. The van der Waals surface area contributed by atoms with Crippen LogP contribution in [0.25, 0.3) is 22.8 Å². The third-order valence-corrected chi connectivity index (χ3v) is 6.96. The maximum atomic E-state index is 12.2. The topological polar surface area (TPSA) is 57.0 Å². The van der Waals surface area contributed by atoms with Crippen molar-refractivity contribution in [3.05, 3.63) is 83.5 Å². The maximum Gasteiger partial charge on any atom is 0.315 e. The summed E-state index contributed by atoms with van der Waals surface area (Å²) in [6.45, 7) is 3.71. The van der Waals surface area contributed by atoms with Gasteiger partial charge in [0.2, 0.25) is 0 Å². The number of halogens is 1. The summed E-state index contributed by atoms with van der Waals surface area (Å²) < 4.78 is 7.03. The standard InChI is InChI=1S/C26H24ClN3O2S/c1-26(2,25(31)32-4)18-10-8-17(9-11-18)22-24(33-20-14-12-19(27)13-15-20)30(3)23(29-22)21-7-5-6-16-28-21/h5-16H,1-4H3. The smallest absolute Gasteiger partial charge is 0.315 e. The molecule has 0 atom stereocenters. The molecule has 0 fully saturated rings. The lowest BCUT2D eigenvalue weighted by molar-refractivity contribution is -0.146. The molecule has 0 aliphatic carbocycles. The van der Waals surface area contributed by atoms with Crippen molar-refractivity contribution >= 4 is 29.3 Å². The van der Waals surface area contributed by atoms with Crippen molar-refractivity contribution in [2.45, 2.75) is 29.2 Å². The van der Waals surface area contributed by atoms with Gasteiger partial charge in [0.25, 0.3) is 0 Å². The molecule has 0 aliphatic rings. The molecule has 2 heterocycles. The number of esters is 1. The van der Waals surface area contributed by atoms with Crippen LogP contribution in [0.15, 0.2) is 82.8 Å². The van der Waals surface area contributed by atoms with Crippen molar-refractivity contribution in [1.82, 2.24) is 14.5 Å². The zero-order chi connectivity index (χ0) is 23.6. The highest BCUT2D eigenvalue weighted by molar-refractivity contribution is 7.99. The first kappa shape index (κ1) is 23.1. The fraction of sp³-hybridized carbons (Fsp3) is 0.192. The van der Waals surface area contributed by atoms with Crippen LogP contribution in [0, 0.1) is 0 Å². The molecule has 0 saturated carbocycles. The third kappa shape index (κ3) is 4.68. The third-order valence-electron chi connectivity index (χ3n) is 5.54. The Balaban J connectivity index is 1.79. The van der Waals surface area contributed by atoms with Crippen molar-refractivity contribution in [2.75, 3.05) is 7.11 Å². The summed E-state index contributed by atoms with van der Waals surface area (Å²) >= 11 is 7.69. The number of nitrogens with zero attached hydrogens (tertiary/aromatic N) is 3. The van der Waals surface area contributed by atoms with E-state index < -0.39 is 5.41 Å². The second kappa shape index (κ2) is 9.41. The molecule has 0 unspecified atom stereocenters. The molecular formula is C26H24ClN3O2S. The predicted octanol–water partition coefficient (Wildman–Crippen LogP) is 6.40. The largest absolute Gasteiger partial charge is 0.468 e. The average molecular weight is 478 g/mol. The highest BCUT2D eigenvalue weighted by Gasteiger charge is 2.31. The van der Waals surface area contributed by atoms with Crippen molar-refractivity contribution in [3.63, 3.8) is 0 Å². The van der Waals surface area contributed by atoms with Gasteiger partial charge in [-0.25, -0.2) is 4.98 Å². The van der Waals surface area contributed by atoms with Gasteiger partial charge in [-0.05, 0) is 55.8 Å². The number of carbonyl (C=O) groups is 1. The van der Waals surface area contributed by atoms with Crippen LogP contribution >= 0.6 is 23.4 Å². The average Bonchev–Trinajstić information content (AvgIpc) is 3.16. The second-order valence-electron chi connectivity index (χ2n) is 8.11. The van der Waals surface area contributed by atoms with Crippen molar-refractivity contribution in [3.8, 4) is 22.8 Å². The minimum absolute atomic E-state index is 0.274. The second-order valence-corrected chi connectivity index (χ2v) is 9.61. The fourth-order valence-corrected chi connectivity index (χ4v) is 4.65. The van der Waals surface area contributed by atoms with Gasteiger partial charge in [0, 0.05) is 28.7 Å². The molecule has 0 amide bonds. The van der Waals surface area contributed by atoms with E-state index in [9.17, 15) is 4.79 Å².